The number of nitrogens with zero attached hydrogens (tertiary/aromatic N) is 1. The molecule has 2 aromatic carbocycles. The zero-order chi connectivity index (χ0) is 17.7. The van der Waals surface area contributed by atoms with Gasteiger partial charge in [0.15, 0.2) is 11.5 Å². The van der Waals surface area contributed by atoms with Crippen LogP contribution in [0.15, 0.2) is 36.4 Å². The molecule has 24 heavy (non-hydrogen) atoms. The van der Waals surface area contributed by atoms with Gasteiger partial charge in [-0.1, -0.05) is 0 Å². The standard InChI is InChI=1S/C17H15NO6/c1-3-23-16-9-12(10-19)4-7-15(16)24-17(20)13-5-6-14(18(21)22)11(2)8-13/h4-10H,3H2,1-2H3. The van der Waals surface area contributed by atoms with Gasteiger partial charge < -0.3 is 9.47 Å². The van der Waals surface area contributed by atoms with E-state index in [1.54, 1.807) is 13.8 Å². The molecule has 0 aliphatic rings. The topological polar surface area (TPSA) is 95.7 Å². The second-order valence-corrected chi connectivity index (χ2v) is 4.90. The highest BCUT2D eigenvalue weighted by molar-refractivity contribution is 5.92. The molecule has 0 spiro atoms. The summed E-state index contributed by atoms with van der Waals surface area (Å²) in [7, 11) is 0. The smallest absolute Gasteiger partial charge is 0.343 e. The normalized spacial score (nSPS) is 10.1. The number of ether oxygens (including phenoxy) is 2. The molecule has 0 saturated carbocycles. The molecule has 0 aromatic heterocycles. The van der Waals surface area contributed by atoms with Crippen molar-refractivity contribution >= 4 is 17.9 Å². The van der Waals surface area contributed by atoms with Gasteiger partial charge in [0, 0.05) is 17.2 Å². The molecule has 2 rings (SSSR count). The predicted molar refractivity (Wildman–Crippen MR) is 85.8 cm³/mol. The molecular formula is C17H15NO6. The van der Waals surface area contributed by atoms with Crippen molar-refractivity contribution in [1.82, 2.24) is 0 Å². The van der Waals surface area contributed by atoms with E-state index in [0.717, 1.165) is 0 Å². The molecule has 0 amide bonds. The van der Waals surface area contributed by atoms with E-state index in [1.807, 2.05) is 0 Å². The Balaban J connectivity index is 2.28. The Hall–Kier alpha value is -3.22. The summed E-state index contributed by atoms with van der Waals surface area (Å²) in [6.07, 6.45) is 0.661. The quantitative estimate of drug-likeness (QED) is 0.265. The number of nitro groups is 1. The summed E-state index contributed by atoms with van der Waals surface area (Å²) < 4.78 is 10.7. The van der Waals surface area contributed by atoms with Gasteiger partial charge in [-0.15, -0.1) is 0 Å². The molecule has 0 aliphatic heterocycles. The lowest BCUT2D eigenvalue weighted by atomic mass is 10.1. The average Bonchev–Trinajstić information content (AvgIpc) is 2.56. The largest absolute Gasteiger partial charge is 0.490 e. The van der Waals surface area contributed by atoms with Gasteiger partial charge >= 0.3 is 5.97 Å². The lowest BCUT2D eigenvalue weighted by Crippen LogP contribution is -2.10. The molecule has 0 unspecified atom stereocenters. The molecule has 7 heteroatoms. The second-order valence-electron chi connectivity index (χ2n) is 4.90. The van der Waals surface area contributed by atoms with Crippen LogP contribution in [0.2, 0.25) is 0 Å². The van der Waals surface area contributed by atoms with E-state index in [2.05, 4.69) is 0 Å². The summed E-state index contributed by atoms with van der Waals surface area (Å²) in [6.45, 7) is 3.64. The van der Waals surface area contributed by atoms with Crippen molar-refractivity contribution in [2.75, 3.05) is 6.61 Å². The van der Waals surface area contributed by atoms with Crippen molar-refractivity contribution in [1.29, 1.82) is 0 Å². The van der Waals surface area contributed by atoms with E-state index in [1.165, 1.54) is 36.4 Å². The third kappa shape index (κ3) is 3.75. The Kier molecular flexibility index (Phi) is 5.26. The molecule has 0 aliphatic carbocycles. The summed E-state index contributed by atoms with van der Waals surface area (Å²) in [5.41, 5.74) is 0.858. The molecule has 0 N–H and O–H groups in total. The zero-order valence-electron chi connectivity index (χ0n) is 13.1. The summed E-state index contributed by atoms with van der Waals surface area (Å²) in [4.78, 5) is 33.4. The van der Waals surface area contributed by atoms with Gasteiger partial charge in [-0.25, -0.2) is 4.79 Å². The van der Waals surface area contributed by atoms with Crippen LogP contribution in [0.1, 0.15) is 33.2 Å². The molecule has 0 fully saturated rings. The van der Waals surface area contributed by atoms with E-state index >= 15 is 0 Å². The number of hydrogen-bond donors (Lipinski definition) is 0. The van der Waals surface area contributed by atoms with Gasteiger partial charge in [-0.05, 0) is 44.2 Å². The Bertz CT molecular complexity index is 800. The zero-order valence-corrected chi connectivity index (χ0v) is 13.1. The fourth-order valence-electron chi connectivity index (χ4n) is 2.10. The van der Waals surface area contributed by atoms with E-state index in [-0.39, 0.29) is 22.7 Å². The van der Waals surface area contributed by atoms with E-state index in [0.29, 0.717) is 24.0 Å². The van der Waals surface area contributed by atoms with Crippen LogP contribution in [-0.4, -0.2) is 23.8 Å². The van der Waals surface area contributed by atoms with Crippen LogP contribution in [0, 0.1) is 17.0 Å². The maximum atomic E-state index is 12.2. The molecule has 0 bridgehead atoms. The molecule has 0 saturated heterocycles. The monoisotopic (exact) mass is 329 g/mol. The number of esters is 1. The van der Waals surface area contributed by atoms with Crippen molar-refractivity contribution < 1.29 is 24.0 Å². The summed E-state index contributed by atoms with van der Waals surface area (Å²) in [6, 6.07) is 8.41. The van der Waals surface area contributed by atoms with E-state index in [4.69, 9.17) is 9.47 Å². The van der Waals surface area contributed by atoms with Crippen molar-refractivity contribution in [2.24, 2.45) is 0 Å². The van der Waals surface area contributed by atoms with Crippen molar-refractivity contribution in [2.45, 2.75) is 13.8 Å². The maximum absolute atomic E-state index is 12.2. The van der Waals surface area contributed by atoms with Crippen LogP contribution in [-0.2, 0) is 0 Å². The first-order chi connectivity index (χ1) is 11.5. The molecule has 2 aromatic rings. The molecule has 7 nitrogen and oxygen atoms in total. The Labute approximate surface area is 138 Å². The van der Waals surface area contributed by atoms with Gasteiger partial charge in [0.1, 0.15) is 6.29 Å². The highest BCUT2D eigenvalue weighted by atomic mass is 16.6. The Morgan fingerprint density at radius 3 is 2.54 bits per heavy atom. The SMILES string of the molecule is CCOc1cc(C=O)ccc1OC(=O)c1ccc([N+](=O)[O-])c(C)c1. The lowest BCUT2D eigenvalue weighted by Gasteiger charge is -2.11. The highest BCUT2D eigenvalue weighted by Crippen LogP contribution is 2.29. The fourth-order valence-corrected chi connectivity index (χ4v) is 2.10. The number of aldehydes is 1. The van der Waals surface area contributed by atoms with Gasteiger partial charge in [-0.3, -0.25) is 14.9 Å². The molecule has 0 heterocycles. The van der Waals surface area contributed by atoms with Crippen molar-refractivity contribution in [3.8, 4) is 11.5 Å². The summed E-state index contributed by atoms with van der Waals surface area (Å²) in [5.74, 6) is -0.231. The highest BCUT2D eigenvalue weighted by Gasteiger charge is 2.17. The van der Waals surface area contributed by atoms with Crippen LogP contribution < -0.4 is 9.47 Å². The van der Waals surface area contributed by atoms with Gasteiger partial charge in [0.25, 0.3) is 5.69 Å². The van der Waals surface area contributed by atoms with Crippen molar-refractivity contribution in [3.05, 3.63) is 63.2 Å². The first kappa shape index (κ1) is 17.1. The lowest BCUT2D eigenvalue weighted by molar-refractivity contribution is -0.385. The number of carbonyl (C=O) groups excluding carboxylic acids is 2. The minimum absolute atomic E-state index is 0.0723. The van der Waals surface area contributed by atoms with Crippen LogP contribution >= 0.6 is 0 Å². The average molecular weight is 329 g/mol. The first-order valence-electron chi connectivity index (χ1n) is 7.15. The number of nitro benzene ring substituents is 1. The number of benzene rings is 2. The van der Waals surface area contributed by atoms with Crippen LogP contribution in [0.4, 0.5) is 5.69 Å². The van der Waals surface area contributed by atoms with Gasteiger partial charge in [-0.2, -0.15) is 0 Å². The third-order valence-corrected chi connectivity index (χ3v) is 3.24. The number of aryl methyl sites for hydroxylation is 1. The number of hydrogen-bond acceptors (Lipinski definition) is 6. The Morgan fingerprint density at radius 1 is 1.21 bits per heavy atom. The Morgan fingerprint density at radius 2 is 1.96 bits per heavy atom. The van der Waals surface area contributed by atoms with Crippen LogP contribution in [0.5, 0.6) is 11.5 Å². The van der Waals surface area contributed by atoms with Gasteiger partial charge in [0.2, 0.25) is 0 Å². The minimum atomic E-state index is -0.673. The predicted octanol–water partition coefficient (Wildman–Crippen LogP) is 3.33. The van der Waals surface area contributed by atoms with Crippen LogP contribution in [0.25, 0.3) is 0 Å². The first-order valence-corrected chi connectivity index (χ1v) is 7.15. The second kappa shape index (κ2) is 7.36. The van der Waals surface area contributed by atoms with E-state index < -0.39 is 10.9 Å². The van der Waals surface area contributed by atoms with Crippen LogP contribution in [0.3, 0.4) is 0 Å². The molecular weight excluding hydrogens is 314 g/mol. The molecule has 0 radical (unpaired) electrons. The number of carbonyl (C=O) groups is 2. The summed E-state index contributed by atoms with van der Waals surface area (Å²) in [5, 5.41) is 10.8. The minimum Gasteiger partial charge on any atom is -0.490 e. The van der Waals surface area contributed by atoms with Gasteiger partial charge in [0.05, 0.1) is 17.1 Å². The number of rotatable bonds is 6. The molecule has 0 atom stereocenters. The third-order valence-electron chi connectivity index (χ3n) is 3.24. The van der Waals surface area contributed by atoms with Crippen molar-refractivity contribution in [3.63, 3.8) is 0 Å². The molecule has 124 valence electrons. The maximum Gasteiger partial charge on any atom is 0.343 e. The fraction of sp³-hybridized carbons (Fsp3) is 0.176. The van der Waals surface area contributed by atoms with E-state index in [9.17, 15) is 19.7 Å². The summed E-state index contributed by atoms with van der Waals surface area (Å²) >= 11 is 0.